The van der Waals surface area contributed by atoms with E-state index in [1.54, 1.807) is 7.05 Å². The van der Waals surface area contributed by atoms with Crippen LogP contribution in [-0.4, -0.2) is 32.3 Å². The fourth-order valence-electron chi connectivity index (χ4n) is 0.939. The number of rotatable bonds is 1. The molecule has 1 rings (SSSR count). The number of hydrogen-bond acceptors (Lipinski definition) is 3. The van der Waals surface area contributed by atoms with Crippen molar-refractivity contribution in [3.8, 4) is 0 Å². The first-order valence-corrected chi connectivity index (χ1v) is 3.42. The highest BCUT2D eigenvalue weighted by molar-refractivity contribution is 5.66. The summed E-state index contributed by atoms with van der Waals surface area (Å²) in [4.78, 5) is 10.6. The van der Waals surface area contributed by atoms with E-state index < -0.39 is 0 Å². The van der Waals surface area contributed by atoms with Crippen molar-refractivity contribution >= 4 is 6.09 Å². The lowest BCUT2D eigenvalue weighted by molar-refractivity contribution is 0.109. The second-order valence-electron chi connectivity index (χ2n) is 2.27. The minimum atomic E-state index is -0.339. The largest absolute Gasteiger partial charge is 0.445 e. The molecular formula is C6H12N2O2. The molecule has 58 valence electrons. The fourth-order valence-corrected chi connectivity index (χ4v) is 0.939. The van der Waals surface area contributed by atoms with Gasteiger partial charge in [0.05, 0.1) is 0 Å². The van der Waals surface area contributed by atoms with Crippen LogP contribution in [0.1, 0.15) is 6.42 Å². The van der Waals surface area contributed by atoms with E-state index in [0.717, 1.165) is 19.5 Å². The Hall–Kier alpha value is -0.770. The van der Waals surface area contributed by atoms with Crippen LogP contribution in [0.15, 0.2) is 0 Å². The first-order chi connectivity index (χ1) is 4.83. The van der Waals surface area contributed by atoms with Gasteiger partial charge in [0.15, 0.2) is 0 Å². The predicted molar refractivity (Wildman–Crippen MR) is 36.8 cm³/mol. The average molecular weight is 144 g/mol. The molecule has 1 unspecified atom stereocenters. The third kappa shape index (κ3) is 1.88. The minimum absolute atomic E-state index is 0.0694. The Morgan fingerprint density at radius 3 is 3.10 bits per heavy atom. The molecule has 0 spiro atoms. The molecule has 1 atom stereocenters. The van der Waals surface area contributed by atoms with Gasteiger partial charge in [0.25, 0.3) is 0 Å². The smallest absolute Gasteiger partial charge is 0.407 e. The Balaban J connectivity index is 2.17. The number of ether oxygens (including phenoxy) is 1. The van der Waals surface area contributed by atoms with Gasteiger partial charge in [-0.15, -0.1) is 0 Å². The molecule has 0 bridgehead atoms. The highest BCUT2D eigenvalue weighted by Crippen LogP contribution is 2.02. The number of carbonyl (C=O) groups excluding carboxylic acids is 1. The van der Waals surface area contributed by atoms with Gasteiger partial charge in [0, 0.05) is 13.6 Å². The van der Waals surface area contributed by atoms with Crippen molar-refractivity contribution in [2.45, 2.75) is 12.5 Å². The van der Waals surface area contributed by atoms with Gasteiger partial charge in [0.1, 0.15) is 6.10 Å². The van der Waals surface area contributed by atoms with E-state index in [-0.39, 0.29) is 12.2 Å². The maximum atomic E-state index is 10.6. The van der Waals surface area contributed by atoms with E-state index in [9.17, 15) is 4.79 Å². The Morgan fingerprint density at radius 1 is 1.80 bits per heavy atom. The van der Waals surface area contributed by atoms with Crippen LogP contribution < -0.4 is 10.6 Å². The zero-order valence-corrected chi connectivity index (χ0v) is 6.02. The first-order valence-electron chi connectivity index (χ1n) is 3.42. The number of alkyl carbamates (subject to hydrolysis) is 1. The second kappa shape index (κ2) is 3.41. The lowest BCUT2D eigenvalue weighted by Crippen LogP contribution is -2.27. The van der Waals surface area contributed by atoms with Gasteiger partial charge >= 0.3 is 6.09 Å². The Kier molecular flexibility index (Phi) is 2.50. The summed E-state index contributed by atoms with van der Waals surface area (Å²) in [6.07, 6.45) is 0.654. The molecule has 1 aliphatic heterocycles. The van der Waals surface area contributed by atoms with E-state index >= 15 is 0 Å². The summed E-state index contributed by atoms with van der Waals surface area (Å²) in [7, 11) is 1.56. The molecule has 1 amide bonds. The van der Waals surface area contributed by atoms with E-state index in [1.165, 1.54) is 0 Å². The Morgan fingerprint density at radius 2 is 2.60 bits per heavy atom. The molecule has 0 aromatic rings. The summed E-state index contributed by atoms with van der Waals surface area (Å²) in [5.74, 6) is 0. The fraction of sp³-hybridized carbons (Fsp3) is 0.833. The summed E-state index contributed by atoms with van der Waals surface area (Å²) in [5.41, 5.74) is 0. The summed E-state index contributed by atoms with van der Waals surface area (Å²) >= 11 is 0. The SMILES string of the molecule is CNC(=O)OC1CCNC1. The van der Waals surface area contributed by atoms with Crippen LogP contribution in [0.25, 0.3) is 0 Å². The normalized spacial score (nSPS) is 24.3. The van der Waals surface area contributed by atoms with Gasteiger partial charge in [-0.05, 0) is 13.0 Å². The molecule has 4 nitrogen and oxygen atoms in total. The first kappa shape index (κ1) is 7.34. The molecule has 10 heavy (non-hydrogen) atoms. The van der Waals surface area contributed by atoms with Crippen molar-refractivity contribution < 1.29 is 9.53 Å². The average Bonchev–Trinajstić information content (AvgIpc) is 2.40. The summed E-state index contributed by atoms with van der Waals surface area (Å²) in [6, 6.07) is 0. The van der Waals surface area contributed by atoms with Crippen LogP contribution in [0.4, 0.5) is 4.79 Å². The predicted octanol–water partition coefficient (Wildman–Crippen LogP) is -0.296. The van der Waals surface area contributed by atoms with Crippen LogP contribution in [0.2, 0.25) is 0 Å². The van der Waals surface area contributed by atoms with Crippen molar-refractivity contribution in [1.82, 2.24) is 10.6 Å². The number of hydrogen-bond donors (Lipinski definition) is 2. The van der Waals surface area contributed by atoms with Gasteiger partial charge in [-0.3, -0.25) is 0 Å². The Bertz CT molecular complexity index is 121. The van der Waals surface area contributed by atoms with Crippen molar-refractivity contribution in [3.63, 3.8) is 0 Å². The van der Waals surface area contributed by atoms with Gasteiger partial charge in [0.2, 0.25) is 0 Å². The van der Waals surface area contributed by atoms with Gasteiger partial charge < -0.3 is 15.4 Å². The van der Waals surface area contributed by atoms with Crippen molar-refractivity contribution in [3.05, 3.63) is 0 Å². The van der Waals surface area contributed by atoms with Crippen LogP contribution in [0.3, 0.4) is 0 Å². The molecule has 0 radical (unpaired) electrons. The molecule has 1 saturated heterocycles. The topological polar surface area (TPSA) is 50.4 Å². The summed E-state index contributed by atoms with van der Waals surface area (Å²) in [5, 5.41) is 5.50. The van der Waals surface area contributed by atoms with Gasteiger partial charge in [-0.1, -0.05) is 0 Å². The molecule has 4 heteroatoms. The van der Waals surface area contributed by atoms with Gasteiger partial charge in [-0.2, -0.15) is 0 Å². The van der Waals surface area contributed by atoms with Crippen LogP contribution in [0, 0.1) is 0 Å². The zero-order chi connectivity index (χ0) is 7.40. The molecule has 2 N–H and O–H groups in total. The minimum Gasteiger partial charge on any atom is -0.445 e. The molecule has 1 heterocycles. The molecule has 0 aromatic carbocycles. The van der Waals surface area contributed by atoms with E-state index in [2.05, 4.69) is 10.6 Å². The standard InChI is InChI=1S/C6H12N2O2/c1-7-6(9)10-5-2-3-8-4-5/h5,8H,2-4H2,1H3,(H,7,9). The Labute approximate surface area is 59.9 Å². The monoisotopic (exact) mass is 144 g/mol. The maximum absolute atomic E-state index is 10.6. The molecule has 0 aliphatic carbocycles. The lowest BCUT2D eigenvalue weighted by Gasteiger charge is -2.08. The molecular weight excluding hydrogens is 132 g/mol. The van der Waals surface area contributed by atoms with Crippen LogP contribution >= 0.6 is 0 Å². The van der Waals surface area contributed by atoms with E-state index in [0.29, 0.717) is 0 Å². The lowest BCUT2D eigenvalue weighted by atomic mass is 10.3. The quantitative estimate of drug-likeness (QED) is 0.531. The summed E-state index contributed by atoms with van der Waals surface area (Å²) in [6.45, 7) is 1.73. The summed E-state index contributed by atoms with van der Waals surface area (Å²) < 4.78 is 4.95. The van der Waals surface area contributed by atoms with Crippen LogP contribution in [-0.2, 0) is 4.74 Å². The maximum Gasteiger partial charge on any atom is 0.407 e. The third-order valence-corrected chi connectivity index (χ3v) is 1.49. The molecule has 1 aliphatic rings. The van der Waals surface area contributed by atoms with E-state index in [1.807, 2.05) is 0 Å². The molecule has 0 saturated carbocycles. The molecule has 1 fully saturated rings. The van der Waals surface area contributed by atoms with Crippen LogP contribution in [0.5, 0.6) is 0 Å². The highest BCUT2D eigenvalue weighted by atomic mass is 16.6. The zero-order valence-electron chi connectivity index (χ0n) is 6.02. The van der Waals surface area contributed by atoms with E-state index in [4.69, 9.17) is 4.74 Å². The number of amides is 1. The van der Waals surface area contributed by atoms with Gasteiger partial charge in [-0.25, -0.2) is 4.79 Å². The van der Waals surface area contributed by atoms with Crippen molar-refractivity contribution in [2.24, 2.45) is 0 Å². The third-order valence-electron chi connectivity index (χ3n) is 1.49. The van der Waals surface area contributed by atoms with Crippen molar-refractivity contribution in [2.75, 3.05) is 20.1 Å². The number of nitrogens with one attached hydrogen (secondary N) is 2. The number of carbonyl (C=O) groups is 1. The molecule has 0 aromatic heterocycles. The highest BCUT2D eigenvalue weighted by Gasteiger charge is 2.17. The van der Waals surface area contributed by atoms with Crippen molar-refractivity contribution in [1.29, 1.82) is 0 Å². The second-order valence-corrected chi connectivity index (χ2v) is 2.27.